The lowest BCUT2D eigenvalue weighted by Crippen LogP contribution is -2.43. The molecule has 0 radical (unpaired) electrons. The number of aromatic nitrogens is 8. The highest BCUT2D eigenvalue weighted by atomic mass is 32.1. The molecular formula is C89H150N13O23P5S. The summed E-state index contributed by atoms with van der Waals surface area (Å²) in [6.07, 6.45) is 24.4. The Hall–Kier alpha value is -6.11. The Morgan fingerprint density at radius 2 is 0.763 bits per heavy atom. The molecule has 4 aromatic heterocycles. The van der Waals surface area contributed by atoms with Crippen molar-refractivity contribution in [2.75, 3.05) is 138 Å². The van der Waals surface area contributed by atoms with E-state index in [1.54, 1.807) is 33.4 Å². The van der Waals surface area contributed by atoms with Crippen LogP contribution in [-0.4, -0.2) is 367 Å². The fourth-order valence-corrected chi connectivity index (χ4v) is 19.8. The number of carbonyl (C=O) groups is 1. The van der Waals surface area contributed by atoms with E-state index in [0.29, 0.717) is 99.3 Å². The van der Waals surface area contributed by atoms with Crippen LogP contribution in [0, 0.1) is 4.77 Å². The molecule has 42 heteroatoms. The largest absolute Gasteiger partial charge is 0.388 e. The second kappa shape index (κ2) is 49.8. The summed E-state index contributed by atoms with van der Waals surface area (Å²) in [5.41, 5.74) is 2.43. The Morgan fingerprint density at radius 1 is 0.443 bits per heavy atom. The van der Waals surface area contributed by atoms with Gasteiger partial charge in [0.05, 0.1) is 36.1 Å². The molecule has 5 saturated heterocycles. The van der Waals surface area contributed by atoms with E-state index in [-0.39, 0.29) is 28.5 Å². The lowest BCUT2D eigenvalue weighted by molar-refractivity contribution is -0.0542. The lowest BCUT2D eigenvalue weighted by Gasteiger charge is -2.34. The summed E-state index contributed by atoms with van der Waals surface area (Å²) in [4.78, 5) is 109. The molecule has 20 atom stereocenters. The highest BCUT2D eigenvalue weighted by molar-refractivity contribution is 7.73. The van der Waals surface area contributed by atoms with Gasteiger partial charge in [-0.15, -0.1) is 65.9 Å². The number of aromatic amines is 4. The Bertz CT molecular complexity index is 5300. The smallest absolute Gasteiger partial charge is 0.330 e. The molecule has 36 nitrogen and oxygen atoms in total. The van der Waals surface area contributed by atoms with Crippen LogP contribution in [-0.2, 0) is 54.6 Å². The lowest BCUT2D eigenvalue weighted by atomic mass is 9.98. The standard InChI is InChI=1S/C20H34N3O5P.C19H32N3O5P.C19H32N3O4PS.C16H27N2O4P.C15H25N2O5P/c1-13(2)7-9-21-11-14-12-23(20(26)22-18(14)25)19-17(27-3)16(24)15(28-19)8-10-29(4,5)6;1-12(2)6-8-20-10-13-11-22(19(26)21-17(13)25)18-16(24)15(23)14(27-18)7-9-28(3,4)5;1-12(2)6-8-20-10-13-11-22(19(28)21-17(13)25)18-16(24)15(23)14(26-18)7-9-27(3,4)5;1-10-11(9-17(2)16(21)18(10)3)15-14(20)13(19)12(22-15)7-8-23(4,5)6;1-5-17-8-9(14(20)16-15(17)21)13-12(19)11(18)10(22-13)6-7-23(2,3)4/h7,12,15-17,19,21,24H,4,8-11H2,1-3,5-6H3,(H,22,25,26);6,11,14-16,18,20,23-24H,3,7-10H2,1-2,4-5H3,(H,21,25,26);6,11,14-16,18,20,23-24H,3,7-10H2,1-2,4-5H3,(H,21,25,28);9,12-15,19-20H,1,4,7-8H2,2-3,5-6H3;8,10-13,18-19H,2,5-7H2,1,3-4H3,(H,16,20,21)/t15-,16-,17-,19-;2*14-,15-,16-,18-;12-,13-,14-,15+;10-,11-,12-,13+/m11111/s1. The molecule has 0 unspecified atom stereocenters. The molecule has 16 N–H and O–H groups in total. The predicted molar refractivity (Wildman–Crippen MR) is 537 cm³/mol. The van der Waals surface area contributed by atoms with Crippen molar-refractivity contribution in [3.05, 3.63) is 184 Å². The van der Waals surface area contributed by atoms with Crippen LogP contribution in [0.3, 0.4) is 0 Å². The number of aliphatic hydroxyl groups is 9. The molecule has 131 heavy (non-hydrogen) atoms. The molecule has 0 spiro atoms. The number of nitrogens with one attached hydrogen (secondary N) is 7. The van der Waals surface area contributed by atoms with Crippen molar-refractivity contribution in [1.82, 2.24) is 64.0 Å². The number of likely N-dealkylation sites (N-methyl/N-ethyl adjacent to an activating group) is 1. The fraction of sp³-hybridized carbons (Fsp3) is 0.640. The average molecular weight is 1960 g/mol. The van der Waals surface area contributed by atoms with Gasteiger partial charge in [-0.25, -0.2) is 19.2 Å². The summed E-state index contributed by atoms with van der Waals surface area (Å²) in [5, 5.41) is 103. The third kappa shape index (κ3) is 33.9. The van der Waals surface area contributed by atoms with Crippen molar-refractivity contribution in [1.29, 1.82) is 0 Å². The van der Waals surface area contributed by atoms with E-state index in [0.717, 1.165) is 40.9 Å². The van der Waals surface area contributed by atoms with Gasteiger partial charge in [0, 0.05) is 126 Å². The first-order valence-electron chi connectivity index (χ1n) is 43.8. The van der Waals surface area contributed by atoms with Crippen molar-refractivity contribution in [3.8, 4) is 0 Å². The number of hydrogen-bond acceptors (Lipinski definition) is 27. The Labute approximate surface area is 774 Å². The highest BCUT2D eigenvalue weighted by Gasteiger charge is 2.50. The van der Waals surface area contributed by atoms with Crippen LogP contribution in [0.25, 0.3) is 0 Å². The molecule has 4 aromatic rings. The first kappa shape index (κ1) is 114. The predicted octanol–water partition coefficient (Wildman–Crippen LogP) is 3.74. The third-order valence-electron chi connectivity index (χ3n) is 22.6. The molecule has 10 heterocycles. The third-order valence-corrected chi connectivity index (χ3v) is 30.2. The van der Waals surface area contributed by atoms with Gasteiger partial charge in [-0.05, 0) is 190 Å². The zero-order valence-corrected chi connectivity index (χ0v) is 85.3. The molecular weight excluding hydrogens is 1810 g/mol. The van der Waals surface area contributed by atoms with Crippen molar-refractivity contribution in [2.45, 2.75) is 229 Å². The van der Waals surface area contributed by atoms with Crippen LogP contribution in [0.1, 0.15) is 128 Å². The Balaban J connectivity index is 0.000000253. The van der Waals surface area contributed by atoms with E-state index >= 15 is 0 Å². The van der Waals surface area contributed by atoms with E-state index in [2.05, 4.69) is 141 Å². The van der Waals surface area contributed by atoms with Crippen LogP contribution in [0.2, 0.25) is 0 Å². The molecule has 0 saturated carbocycles. The number of amides is 2. The number of urea groups is 1. The van der Waals surface area contributed by atoms with E-state index in [9.17, 15) is 84.3 Å². The van der Waals surface area contributed by atoms with Gasteiger partial charge in [0.15, 0.2) is 23.5 Å². The van der Waals surface area contributed by atoms with Crippen LogP contribution >= 0.6 is 46.6 Å². The number of methoxy groups -OCH3 is 1. The van der Waals surface area contributed by atoms with Crippen LogP contribution in [0.15, 0.2) is 117 Å². The SMILES string of the molecule is C=C1C([C@@H]2O[C@H](CCP(=C)(C)C)[C@@H](O)[C@H]2O)=CN(C)C(=O)N1C.C=P(C)(C)CC[C@H]1O[C@@H](c2cn(CC)c(=O)[nH]c2=O)[C@H](O)[C@@H]1O.C=P(C)(C)CC[C@H]1O[C@@H](n2cc(CNCC=C(C)C)c(=O)[nH]c2=O)[C@H](O)[C@@H]1O.C=P(C)(C)CC[C@H]1O[C@@H](n2cc(CNCC=C(C)C)c(=O)[nH]c2=O)[C@H](OC)[C@@H]1O.C=P(C)(C)CC[C@H]1O[C@@H](n2cc(CNCC=C(C)C)c(=O)[nH]c2=S)[C@H](O)[C@@H]1O. The number of rotatable bonds is 34. The zero-order chi connectivity index (χ0) is 98.8. The molecule has 10 rings (SSSR count). The summed E-state index contributed by atoms with van der Waals surface area (Å²) in [7, 11) is 4.74. The minimum absolute atomic E-state index is 0.153. The van der Waals surface area contributed by atoms with Crippen LogP contribution < -0.4 is 55.3 Å². The number of carbonyl (C=O) groups excluding carboxylic acids is 1. The molecule has 6 aliphatic heterocycles. The summed E-state index contributed by atoms with van der Waals surface area (Å²) in [6, 6.07) is -0.202. The minimum Gasteiger partial charge on any atom is -0.388 e. The normalized spacial score (nSPS) is 26.8. The molecule has 0 bridgehead atoms. The van der Waals surface area contributed by atoms with Crippen molar-refractivity contribution in [3.63, 3.8) is 0 Å². The number of nitrogens with zero attached hydrogens (tertiary/aromatic N) is 6. The maximum absolute atomic E-state index is 12.4. The number of aliphatic hydroxyl groups excluding tert-OH is 9. The highest BCUT2D eigenvalue weighted by Crippen LogP contribution is 2.45. The monoisotopic (exact) mass is 1960 g/mol. The quantitative estimate of drug-likeness (QED) is 0.0137. The van der Waals surface area contributed by atoms with Gasteiger partial charge in [0.1, 0.15) is 73.2 Å². The van der Waals surface area contributed by atoms with E-state index < -0.39 is 191 Å². The van der Waals surface area contributed by atoms with Crippen LogP contribution in [0.4, 0.5) is 4.79 Å². The van der Waals surface area contributed by atoms with Gasteiger partial charge >= 0.3 is 23.1 Å². The summed E-state index contributed by atoms with van der Waals surface area (Å²) in [5.74, 6) is 0. The maximum Gasteiger partial charge on any atom is 0.330 e. The summed E-state index contributed by atoms with van der Waals surface area (Å²) >= 11 is 5.26. The number of allylic oxidation sites excluding steroid dienone is 3. The van der Waals surface area contributed by atoms with Gasteiger partial charge in [-0.2, -0.15) is 0 Å². The molecule has 6 aliphatic rings. The van der Waals surface area contributed by atoms with E-state index in [4.69, 9.17) is 40.6 Å². The number of H-pyrrole nitrogens is 4. The molecule has 2 amide bonds. The van der Waals surface area contributed by atoms with Crippen molar-refractivity contribution < 1.29 is 79.2 Å². The topological polar surface area (TPSA) is 499 Å². The van der Waals surface area contributed by atoms with Gasteiger partial charge < -0.3 is 99.8 Å². The number of hydrogen-bond donors (Lipinski definition) is 16. The average Bonchev–Trinajstić information content (AvgIpc) is 1.71. The van der Waals surface area contributed by atoms with Crippen molar-refractivity contribution >= 4 is 84.2 Å². The minimum atomic E-state index is -1.30. The maximum atomic E-state index is 12.4. The van der Waals surface area contributed by atoms with Gasteiger partial charge in [-0.1, -0.05) is 41.5 Å². The molecule has 740 valence electrons. The Kier molecular flexibility index (Phi) is 43.2. The zero-order valence-electron chi connectivity index (χ0n) is 80.0. The number of ether oxygens (including phenoxy) is 6. The van der Waals surface area contributed by atoms with E-state index in [1.807, 2.05) is 59.8 Å². The Morgan fingerprint density at radius 3 is 1.14 bits per heavy atom. The first-order valence-corrected chi connectivity index (χ1v) is 59.5. The van der Waals surface area contributed by atoms with Crippen LogP contribution in [0.5, 0.6) is 0 Å². The van der Waals surface area contributed by atoms with Gasteiger partial charge in [-0.3, -0.25) is 57.7 Å². The second-order valence-electron chi connectivity index (χ2n) is 38.6. The first-order chi connectivity index (χ1) is 60.7. The fourth-order valence-electron chi connectivity index (χ4n) is 14.8. The summed E-state index contributed by atoms with van der Waals surface area (Å²) in [6.45, 7) is 35.6. The van der Waals surface area contributed by atoms with Gasteiger partial charge in [0.25, 0.3) is 22.2 Å². The van der Waals surface area contributed by atoms with Crippen molar-refractivity contribution in [2.24, 2.45) is 0 Å². The second-order valence-corrected chi connectivity index (χ2v) is 60.5. The van der Waals surface area contributed by atoms with E-state index in [1.165, 1.54) is 60.3 Å². The molecule has 0 aliphatic carbocycles. The molecule has 5 fully saturated rings. The van der Waals surface area contributed by atoms with Gasteiger partial charge in [0.2, 0.25) is 0 Å². The summed E-state index contributed by atoms with van der Waals surface area (Å²) < 4.78 is 40.3. The number of aryl methyl sites for hydroxylation is 1. The molecule has 0 aromatic carbocycles.